The third-order valence-electron chi connectivity index (χ3n) is 1.65. The first-order valence-electron chi connectivity index (χ1n) is 3.63. The number of rotatable bonds is 2. The quantitative estimate of drug-likeness (QED) is 0.700. The highest BCUT2D eigenvalue weighted by Gasteiger charge is 2.16. The molecule has 0 saturated carbocycles. The van der Waals surface area contributed by atoms with Crippen LogP contribution in [-0.2, 0) is 11.0 Å². The first-order valence-corrected chi connectivity index (χ1v) is 7.14. The Morgan fingerprint density at radius 3 is 2.08 bits per heavy atom. The van der Waals surface area contributed by atoms with Gasteiger partial charge in [0.25, 0.3) is 5.85 Å². The van der Waals surface area contributed by atoms with E-state index in [4.69, 9.17) is 22.5 Å². The van der Waals surface area contributed by atoms with Crippen LogP contribution in [0.2, 0.25) is 0 Å². The summed E-state index contributed by atoms with van der Waals surface area (Å²) in [6, 6.07) is 7.18. The molecule has 0 aromatic heterocycles. The highest BCUT2D eigenvalue weighted by Crippen LogP contribution is 2.55. The second-order valence-electron chi connectivity index (χ2n) is 2.48. The topological polar surface area (TPSA) is 17.1 Å². The Morgan fingerprint density at radius 1 is 1.25 bits per heavy atom. The molecule has 0 aliphatic carbocycles. The number of halogens is 2. The van der Waals surface area contributed by atoms with E-state index in [1.54, 1.807) is 12.1 Å². The maximum atomic E-state index is 11.1. The third-order valence-corrected chi connectivity index (χ3v) is 3.72. The van der Waals surface area contributed by atoms with Crippen LogP contribution >= 0.6 is 28.3 Å². The predicted molar refractivity (Wildman–Crippen MR) is 54.8 cm³/mol. The van der Waals surface area contributed by atoms with Gasteiger partial charge in [-0.15, -0.1) is 0 Å². The maximum Gasteiger partial charge on any atom is 0.281 e. The van der Waals surface area contributed by atoms with Crippen LogP contribution < -0.4 is 5.30 Å². The molecule has 1 aromatic rings. The van der Waals surface area contributed by atoms with Crippen LogP contribution in [-0.4, -0.2) is 0 Å². The van der Waals surface area contributed by atoms with Gasteiger partial charge < -0.3 is 0 Å². The van der Waals surface area contributed by atoms with Gasteiger partial charge in [0.1, 0.15) is 0 Å². The fourth-order valence-corrected chi connectivity index (χ4v) is 2.08. The molecule has 0 N–H and O–H groups in total. The van der Waals surface area contributed by atoms with Gasteiger partial charge in [0.15, 0.2) is 0 Å². The smallest absolute Gasteiger partial charge is 0.281 e. The van der Waals surface area contributed by atoms with E-state index in [1.165, 1.54) is 5.56 Å². The summed E-state index contributed by atoms with van der Waals surface area (Å²) in [6.45, 7) is 2.05. The van der Waals surface area contributed by atoms with Crippen molar-refractivity contribution in [3.63, 3.8) is 0 Å². The molecule has 12 heavy (non-hydrogen) atoms. The molecule has 0 heterocycles. The van der Waals surface area contributed by atoms with Crippen molar-refractivity contribution >= 4 is 33.6 Å². The Bertz CT molecular complexity index is 301. The average molecular weight is 223 g/mol. The zero-order chi connectivity index (χ0) is 9.19. The molecule has 0 fully saturated rings. The minimum atomic E-state index is -3.10. The molecule has 0 aliphatic rings. The van der Waals surface area contributed by atoms with Crippen LogP contribution in [0.25, 0.3) is 0 Å². The fourth-order valence-electron chi connectivity index (χ4n) is 0.905. The molecule has 0 aliphatic heterocycles. The van der Waals surface area contributed by atoms with Gasteiger partial charge in [-0.2, -0.15) is 0 Å². The standard InChI is InChI=1S/C8H9Cl2OP/c1-2-7-3-5-8(6-4-7)12(9,10)11/h3-6H,2H2,1H3. The van der Waals surface area contributed by atoms with Crippen LogP contribution in [0.5, 0.6) is 0 Å². The summed E-state index contributed by atoms with van der Waals surface area (Å²) in [5.41, 5.74) is 1.18. The third kappa shape index (κ3) is 2.52. The Morgan fingerprint density at radius 2 is 1.75 bits per heavy atom. The molecular weight excluding hydrogens is 214 g/mol. The van der Waals surface area contributed by atoms with E-state index in [9.17, 15) is 4.57 Å². The first-order chi connectivity index (χ1) is 5.54. The molecule has 1 nitrogen and oxygen atoms in total. The van der Waals surface area contributed by atoms with Gasteiger partial charge in [-0.3, -0.25) is 4.57 Å². The van der Waals surface area contributed by atoms with Crippen molar-refractivity contribution in [2.45, 2.75) is 13.3 Å². The summed E-state index contributed by atoms with van der Waals surface area (Å²) in [7, 11) is 0. The van der Waals surface area contributed by atoms with E-state index >= 15 is 0 Å². The molecule has 0 radical (unpaired) electrons. The van der Waals surface area contributed by atoms with Crippen LogP contribution in [0.1, 0.15) is 12.5 Å². The highest BCUT2D eigenvalue weighted by atomic mass is 35.9. The number of benzene rings is 1. The van der Waals surface area contributed by atoms with Crippen molar-refractivity contribution in [1.29, 1.82) is 0 Å². The molecule has 1 aromatic carbocycles. The summed E-state index contributed by atoms with van der Waals surface area (Å²) in [4.78, 5) is 0. The number of hydrogen-bond donors (Lipinski definition) is 0. The molecular formula is C8H9Cl2OP. The summed E-state index contributed by atoms with van der Waals surface area (Å²) in [5, 5.41) is 0.503. The van der Waals surface area contributed by atoms with Crippen molar-refractivity contribution in [2.24, 2.45) is 0 Å². The maximum absolute atomic E-state index is 11.1. The summed E-state index contributed by atoms with van der Waals surface area (Å²) < 4.78 is 11.1. The monoisotopic (exact) mass is 222 g/mol. The molecule has 0 bridgehead atoms. The highest BCUT2D eigenvalue weighted by molar-refractivity contribution is 8.13. The Kier molecular flexibility index (Phi) is 3.22. The lowest BCUT2D eigenvalue weighted by Crippen LogP contribution is -1.96. The van der Waals surface area contributed by atoms with Crippen molar-refractivity contribution < 1.29 is 4.57 Å². The van der Waals surface area contributed by atoms with E-state index in [1.807, 2.05) is 12.1 Å². The summed E-state index contributed by atoms with van der Waals surface area (Å²) in [6.07, 6.45) is 0.954. The molecule has 0 saturated heterocycles. The summed E-state index contributed by atoms with van der Waals surface area (Å²) >= 11 is 11.0. The van der Waals surface area contributed by atoms with Crippen LogP contribution in [0.15, 0.2) is 24.3 Å². The molecule has 0 unspecified atom stereocenters. The normalized spacial score (nSPS) is 11.6. The first kappa shape index (κ1) is 10.1. The van der Waals surface area contributed by atoms with Gasteiger partial charge in [0.2, 0.25) is 0 Å². The summed E-state index contributed by atoms with van der Waals surface area (Å²) in [5.74, 6) is -3.10. The molecule has 1 rings (SSSR count). The molecule has 0 atom stereocenters. The second kappa shape index (κ2) is 3.83. The number of aryl methyl sites for hydroxylation is 1. The predicted octanol–water partition coefficient (Wildman–Crippen LogP) is 3.55. The van der Waals surface area contributed by atoms with E-state index in [2.05, 4.69) is 6.92 Å². The van der Waals surface area contributed by atoms with Crippen molar-refractivity contribution in [3.8, 4) is 0 Å². The van der Waals surface area contributed by atoms with Crippen molar-refractivity contribution in [2.75, 3.05) is 0 Å². The lowest BCUT2D eigenvalue weighted by Gasteiger charge is -2.02. The lowest BCUT2D eigenvalue weighted by atomic mass is 10.2. The zero-order valence-electron chi connectivity index (χ0n) is 6.63. The van der Waals surface area contributed by atoms with Gasteiger partial charge in [-0.1, -0.05) is 19.1 Å². The van der Waals surface area contributed by atoms with E-state index in [0.29, 0.717) is 5.30 Å². The number of hydrogen-bond acceptors (Lipinski definition) is 1. The van der Waals surface area contributed by atoms with E-state index < -0.39 is 5.85 Å². The van der Waals surface area contributed by atoms with Crippen LogP contribution in [0.3, 0.4) is 0 Å². The van der Waals surface area contributed by atoms with Gasteiger partial charge in [-0.25, -0.2) is 0 Å². The Balaban J connectivity index is 3.01. The molecule has 0 spiro atoms. The average Bonchev–Trinajstić information content (AvgIpc) is 2.03. The minimum absolute atomic E-state index is 0.503. The van der Waals surface area contributed by atoms with Crippen LogP contribution in [0.4, 0.5) is 0 Å². The molecule has 4 heteroatoms. The SMILES string of the molecule is CCc1ccc(P(=O)(Cl)Cl)cc1. The van der Waals surface area contributed by atoms with Gasteiger partial charge in [0.05, 0.1) is 0 Å². The molecule has 66 valence electrons. The van der Waals surface area contributed by atoms with Crippen LogP contribution in [0, 0.1) is 0 Å². The molecule has 0 amide bonds. The largest absolute Gasteiger partial charge is 0.284 e. The second-order valence-corrected chi connectivity index (χ2v) is 7.30. The van der Waals surface area contributed by atoms with Crippen molar-refractivity contribution in [1.82, 2.24) is 0 Å². The zero-order valence-corrected chi connectivity index (χ0v) is 9.03. The van der Waals surface area contributed by atoms with Gasteiger partial charge in [0, 0.05) is 5.30 Å². The van der Waals surface area contributed by atoms with E-state index in [0.717, 1.165) is 6.42 Å². The Labute approximate surface area is 81.6 Å². The minimum Gasteiger partial charge on any atom is -0.284 e. The van der Waals surface area contributed by atoms with Gasteiger partial charge in [-0.05, 0) is 46.6 Å². The van der Waals surface area contributed by atoms with Crippen molar-refractivity contribution in [3.05, 3.63) is 29.8 Å². The lowest BCUT2D eigenvalue weighted by molar-refractivity contribution is 0.597. The van der Waals surface area contributed by atoms with Gasteiger partial charge >= 0.3 is 0 Å². The van der Waals surface area contributed by atoms with E-state index in [-0.39, 0.29) is 0 Å². The Hall–Kier alpha value is 0.0300. The fraction of sp³-hybridized carbons (Fsp3) is 0.250.